The van der Waals surface area contributed by atoms with Crippen molar-refractivity contribution in [2.75, 3.05) is 0 Å². The summed E-state index contributed by atoms with van der Waals surface area (Å²) >= 11 is -2.13. The predicted octanol–water partition coefficient (Wildman–Crippen LogP) is 6.19. The van der Waals surface area contributed by atoms with E-state index in [-0.39, 0.29) is 0 Å². The molecular formula is C16H32Sn. The van der Waals surface area contributed by atoms with Crippen LogP contribution in [-0.2, 0) is 0 Å². The monoisotopic (exact) mass is 344 g/mol. The summed E-state index contributed by atoms with van der Waals surface area (Å²) in [7, 11) is 0. The molecule has 0 aromatic rings. The molecule has 0 N–H and O–H groups in total. The Bertz CT molecular complexity index is 196. The van der Waals surface area contributed by atoms with Gasteiger partial charge in [0.15, 0.2) is 0 Å². The van der Waals surface area contributed by atoms with Crippen LogP contribution in [0.1, 0.15) is 53.4 Å². The van der Waals surface area contributed by atoms with Crippen molar-refractivity contribution in [3.05, 3.63) is 25.3 Å². The van der Waals surface area contributed by atoms with E-state index < -0.39 is 18.4 Å². The number of hydrogen-bond acceptors (Lipinski definition) is 0. The maximum absolute atomic E-state index is 4.08. The Kier molecular flexibility index (Phi) is 9.39. The molecule has 0 saturated heterocycles. The Morgan fingerprint density at radius 2 is 1.24 bits per heavy atom. The van der Waals surface area contributed by atoms with E-state index in [4.69, 9.17) is 0 Å². The van der Waals surface area contributed by atoms with Gasteiger partial charge in [-0.3, -0.25) is 0 Å². The number of allylic oxidation sites excluding steroid dienone is 2. The Morgan fingerprint density at radius 3 is 1.47 bits per heavy atom. The molecule has 0 aliphatic carbocycles. The molecule has 0 rings (SSSR count). The molecule has 0 fully saturated rings. The fourth-order valence-corrected chi connectivity index (χ4v) is 19.7. The first kappa shape index (κ1) is 17.3. The van der Waals surface area contributed by atoms with Gasteiger partial charge >= 0.3 is 114 Å². The minimum absolute atomic E-state index is 0.787. The van der Waals surface area contributed by atoms with Crippen LogP contribution >= 0.6 is 0 Å². The van der Waals surface area contributed by atoms with Gasteiger partial charge in [0, 0.05) is 0 Å². The second-order valence-electron chi connectivity index (χ2n) is 5.49. The molecule has 0 amide bonds. The molecule has 0 radical (unpaired) electrons. The average molecular weight is 343 g/mol. The molecule has 0 nitrogen and oxygen atoms in total. The topological polar surface area (TPSA) is 0 Å². The maximum atomic E-state index is 4.08. The predicted molar refractivity (Wildman–Crippen MR) is 84.4 cm³/mol. The first-order valence-corrected chi connectivity index (χ1v) is 14.7. The molecule has 0 aromatic heterocycles. The van der Waals surface area contributed by atoms with E-state index in [9.17, 15) is 0 Å². The summed E-state index contributed by atoms with van der Waals surface area (Å²) in [6.45, 7) is 17.6. The molecule has 2 atom stereocenters. The van der Waals surface area contributed by atoms with Crippen LogP contribution in [0.4, 0.5) is 0 Å². The zero-order valence-corrected chi connectivity index (χ0v) is 15.3. The normalized spacial score (nSPS) is 15.3. The minimum atomic E-state index is -2.13. The van der Waals surface area contributed by atoms with Gasteiger partial charge in [0.1, 0.15) is 0 Å². The molecule has 17 heavy (non-hydrogen) atoms. The van der Waals surface area contributed by atoms with Crippen molar-refractivity contribution in [3.63, 3.8) is 0 Å². The van der Waals surface area contributed by atoms with Crippen LogP contribution in [0.3, 0.4) is 0 Å². The van der Waals surface area contributed by atoms with Crippen molar-refractivity contribution in [1.82, 2.24) is 0 Å². The van der Waals surface area contributed by atoms with Gasteiger partial charge in [-0.1, -0.05) is 0 Å². The Balaban J connectivity index is 5.03. The van der Waals surface area contributed by atoms with E-state index in [1.54, 1.807) is 0 Å². The average Bonchev–Trinajstić information content (AvgIpc) is 2.37. The number of rotatable bonds is 10. The van der Waals surface area contributed by atoms with Gasteiger partial charge in [0.2, 0.25) is 0 Å². The molecule has 0 aliphatic heterocycles. The SMILES string of the molecule is C=C[CH](C)[Sn]([CH2]CCC)([CH2]CCC)[CH](C)C=C. The fourth-order valence-electron chi connectivity index (χ4n) is 2.93. The third-order valence-corrected chi connectivity index (χ3v) is 23.5. The quantitative estimate of drug-likeness (QED) is 0.328. The zero-order chi connectivity index (χ0) is 13.3. The fraction of sp³-hybridized carbons (Fsp3) is 0.750. The van der Waals surface area contributed by atoms with Crippen LogP contribution in [0, 0.1) is 0 Å². The van der Waals surface area contributed by atoms with Crippen molar-refractivity contribution in [2.45, 2.75) is 70.1 Å². The van der Waals surface area contributed by atoms with E-state index in [0.29, 0.717) is 0 Å². The summed E-state index contributed by atoms with van der Waals surface area (Å²) in [5.41, 5.74) is 0. The van der Waals surface area contributed by atoms with E-state index in [2.05, 4.69) is 53.0 Å². The zero-order valence-electron chi connectivity index (χ0n) is 12.5. The van der Waals surface area contributed by atoms with Gasteiger partial charge in [0.05, 0.1) is 0 Å². The van der Waals surface area contributed by atoms with E-state index in [0.717, 1.165) is 7.87 Å². The van der Waals surface area contributed by atoms with Crippen molar-refractivity contribution in [3.8, 4) is 0 Å². The first-order valence-electron chi connectivity index (χ1n) is 7.34. The van der Waals surface area contributed by atoms with Gasteiger partial charge in [-0.25, -0.2) is 0 Å². The van der Waals surface area contributed by atoms with E-state index in [1.807, 2.05) is 0 Å². The summed E-state index contributed by atoms with van der Waals surface area (Å²) < 4.78 is 4.61. The molecule has 0 saturated carbocycles. The van der Waals surface area contributed by atoms with Crippen molar-refractivity contribution >= 4 is 18.4 Å². The molecule has 100 valence electrons. The molecule has 1 heteroatoms. The summed E-state index contributed by atoms with van der Waals surface area (Å²) in [6.07, 6.45) is 9.96. The van der Waals surface area contributed by atoms with E-state index >= 15 is 0 Å². The standard InChI is InChI=1S/2C4H9.2C4H7.Sn/c4*1-3-4-2;/h2*1,3-4H2,2H3;2*3-4H,1H2,2H3;. The Labute approximate surface area is 113 Å². The second kappa shape index (κ2) is 9.24. The van der Waals surface area contributed by atoms with Gasteiger partial charge in [-0.05, 0) is 0 Å². The molecule has 0 aliphatic rings. The summed E-state index contributed by atoms with van der Waals surface area (Å²) in [5, 5.41) is 0. The third-order valence-electron chi connectivity index (χ3n) is 4.51. The van der Waals surface area contributed by atoms with Crippen LogP contribution in [0.5, 0.6) is 0 Å². The van der Waals surface area contributed by atoms with Crippen LogP contribution < -0.4 is 0 Å². The third kappa shape index (κ3) is 4.81. The molecule has 2 unspecified atom stereocenters. The first-order chi connectivity index (χ1) is 8.08. The van der Waals surface area contributed by atoms with Crippen LogP contribution in [-0.4, -0.2) is 18.4 Å². The number of hydrogen-bond donors (Lipinski definition) is 0. The second-order valence-corrected chi connectivity index (χ2v) is 20.6. The molecule has 0 spiro atoms. The van der Waals surface area contributed by atoms with Crippen LogP contribution in [0.15, 0.2) is 25.3 Å². The van der Waals surface area contributed by atoms with Crippen LogP contribution in [0.25, 0.3) is 0 Å². The molecule has 0 aromatic carbocycles. The van der Waals surface area contributed by atoms with E-state index in [1.165, 1.54) is 34.6 Å². The van der Waals surface area contributed by atoms with Crippen molar-refractivity contribution in [1.29, 1.82) is 0 Å². The van der Waals surface area contributed by atoms with Gasteiger partial charge < -0.3 is 0 Å². The Hall–Kier alpha value is 0.279. The van der Waals surface area contributed by atoms with Gasteiger partial charge in [-0.15, -0.1) is 0 Å². The van der Waals surface area contributed by atoms with Crippen molar-refractivity contribution in [2.24, 2.45) is 0 Å². The molecular weight excluding hydrogens is 311 g/mol. The Morgan fingerprint density at radius 1 is 0.882 bits per heavy atom. The number of unbranched alkanes of at least 4 members (excludes halogenated alkanes) is 2. The van der Waals surface area contributed by atoms with Gasteiger partial charge in [0.25, 0.3) is 0 Å². The van der Waals surface area contributed by atoms with Gasteiger partial charge in [-0.2, -0.15) is 0 Å². The summed E-state index contributed by atoms with van der Waals surface area (Å²) in [4.78, 5) is 0. The van der Waals surface area contributed by atoms with Crippen LogP contribution in [0.2, 0.25) is 16.7 Å². The van der Waals surface area contributed by atoms with Crippen molar-refractivity contribution < 1.29 is 0 Å². The summed E-state index contributed by atoms with van der Waals surface area (Å²) in [6, 6.07) is 0. The summed E-state index contributed by atoms with van der Waals surface area (Å²) in [5.74, 6) is 0. The molecule has 0 bridgehead atoms. The molecule has 0 heterocycles.